The van der Waals surface area contributed by atoms with E-state index in [2.05, 4.69) is 22.0 Å². The first-order valence-corrected chi connectivity index (χ1v) is 8.10. The molecule has 0 unspecified atom stereocenters. The Morgan fingerprint density at radius 3 is 2.67 bits per heavy atom. The van der Waals surface area contributed by atoms with Gasteiger partial charge in [-0.2, -0.15) is 4.98 Å². The van der Waals surface area contributed by atoms with Crippen molar-refractivity contribution in [3.63, 3.8) is 0 Å². The van der Waals surface area contributed by atoms with Gasteiger partial charge in [0, 0.05) is 12.5 Å². The number of nitrogens with zero attached hydrogens (tertiary/aromatic N) is 2. The van der Waals surface area contributed by atoms with Gasteiger partial charge < -0.3 is 14.6 Å². The van der Waals surface area contributed by atoms with Gasteiger partial charge >= 0.3 is 0 Å². The number of amides is 1. The van der Waals surface area contributed by atoms with Crippen molar-refractivity contribution in [2.45, 2.75) is 38.1 Å². The minimum atomic E-state index is -0.535. The third-order valence-corrected chi connectivity index (χ3v) is 4.25. The Morgan fingerprint density at radius 1 is 1.38 bits per heavy atom. The summed E-state index contributed by atoms with van der Waals surface area (Å²) in [5, 5.41) is 7.15. The maximum atomic E-state index is 12.7. The van der Waals surface area contributed by atoms with Gasteiger partial charge in [-0.05, 0) is 37.1 Å². The van der Waals surface area contributed by atoms with Gasteiger partial charge in [-0.15, -0.1) is 0 Å². The molecule has 126 valence electrons. The molecule has 0 spiro atoms. The highest BCUT2D eigenvalue weighted by Gasteiger charge is 2.41. The maximum Gasteiger partial charge on any atom is 0.252 e. The van der Waals surface area contributed by atoms with E-state index in [0.717, 1.165) is 25.7 Å². The van der Waals surface area contributed by atoms with E-state index in [-0.39, 0.29) is 5.91 Å². The van der Waals surface area contributed by atoms with Crippen molar-refractivity contribution in [1.29, 1.82) is 0 Å². The monoisotopic (exact) mass is 327 g/mol. The zero-order valence-corrected chi connectivity index (χ0v) is 13.7. The Bertz CT molecular complexity index is 715. The number of aromatic nitrogens is 2. The van der Waals surface area contributed by atoms with E-state index in [0.29, 0.717) is 29.6 Å². The first kappa shape index (κ1) is 16.2. The van der Waals surface area contributed by atoms with E-state index >= 15 is 0 Å². The molecular formula is C18H21N3O3. The number of ether oxygens (including phenoxy) is 1. The molecule has 0 radical (unpaired) electrons. The molecule has 0 atom stereocenters. The van der Waals surface area contributed by atoms with Crippen LogP contribution in [0.25, 0.3) is 0 Å². The van der Waals surface area contributed by atoms with Gasteiger partial charge in [0.1, 0.15) is 17.9 Å². The summed E-state index contributed by atoms with van der Waals surface area (Å²) < 4.78 is 10.5. The summed E-state index contributed by atoms with van der Waals surface area (Å²) in [7, 11) is 0. The Kier molecular flexibility index (Phi) is 4.64. The van der Waals surface area contributed by atoms with Crippen LogP contribution in [0.5, 0.6) is 5.75 Å². The predicted molar refractivity (Wildman–Crippen MR) is 88.8 cm³/mol. The Labute approximate surface area is 140 Å². The van der Waals surface area contributed by atoms with Crippen LogP contribution < -0.4 is 10.1 Å². The number of hydrogen-bond donors (Lipinski definition) is 1. The molecular weight excluding hydrogens is 306 g/mol. The number of hydrogen-bond acceptors (Lipinski definition) is 5. The van der Waals surface area contributed by atoms with E-state index < -0.39 is 5.54 Å². The van der Waals surface area contributed by atoms with Crippen LogP contribution >= 0.6 is 0 Å². The molecule has 1 amide bonds. The predicted octanol–water partition coefficient (Wildman–Crippen LogP) is 3.14. The van der Waals surface area contributed by atoms with Crippen molar-refractivity contribution >= 4 is 5.91 Å². The lowest BCUT2D eigenvalue weighted by atomic mass is 9.96. The lowest BCUT2D eigenvalue weighted by Gasteiger charge is -2.26. The summed E-state index contributed by atoms with van der Waals surface area (Å²) in [4.78, 5) is 17.0. The smallest absolute Gasteiger partial charge is 0.252 e. The average Bonchev–Trinajstić information content (AvgIpc) is 3.23. The van der Waals surface area contributed by atoms with Crippen LogP contribution in [0.15, 0.2) is 41.4 Å². The van der Waals surface area contributed by atoms with E-state index in [4.69, 9.17) is 9.26 Å². The topological polar surface area (TPSA) is 77.2 Å². The molecule has 1 aromatic heterocycles. The fourth-order valence-electron chi connectivity index (χ4n) is 3.02. The van der Waals surface area contributed by atoms with Crippen molar-refractivity contribution < 1.29 is 14.1 Å². The summed E-state index contributed by atoms with van der Waals surface area (Å²) in [6, 6.07) is 7.05. The van der Waals surface area contributed by atoms with Crippen LogP contribution in [0.4, 0.5) is 0 Å². The number of carbonyl (C=O) groups excluding carboxylic acids is 1. The molecule has 2 aromatic rings. The third kappa shape index (κ3) is 3.32. The first-order chi connectivity index (χ1) is 11.6. The van der Waals surface area contributed by atoms with Crippen molar-refractivity contribution in [2.24, 2.45) is 0 Å². The van der Waals surface area contributed by atoms with Gasteiger partial charge in [-0.25, -0.2) is 0 Å². The zero-order chi connectivity index (χ0) is 17.0. The fraction of sp³-hybridized carbons (Fsp3) is 0.389. The molecule has 24 heavy (non-hydrogen) atoms. The summed E-state index contributed by atoms with van der Waals surface area (Å²) in [6.45, 7) is 5.80. The molecule has 0 bridgehead atoms. The van der Waals surface area contributed by atoms with Gasteiger partial charge in [0.25, 0.3) is 5.91 Å². The lowest BCUT2D eigenvalue weighted by molar-refractivity contribution is 0.0892. The fourth-order valence-corrected chi connectivity index (χ4v) is 3.02. The van der Waals surface area contributed by atoms with Crippen LogP contribution in [0, 0.1) is 6.92 Å². The van der Waals surface area contributed by atoms with Crippen LogP contribution in [-0.4, -0.2) is 22.7 Å². The molecule has 1 saturated carbocycles. The molecule has 0 saturated heterocycles. The second-order valence-electron chi connectivity index (χ2n) is 6.00. The highest BCUT2D eigenvalue weighted by Crippen LogP contribution is 2.37. The average molecular weight is 327 g/mol. The van der Waals surface area contributed by atoms with Crippen LogP contribution in [0.1, 0.15) is 47.8 Å². The molecule has 0 aliphatic heterocycles. The van der Waals surface area contributed by atoms with Crippen molar-refractivity contribution in [2.75, 3.05) is 6.61 Å². The molecule has 1 aliphatic carbocycles. The van der Waals surface area contributed by atoms with Crippen molar-refractivity contribution in [1.82, 2.24) is 15.5 Å². The molecule has 3 rings (SSSR count). The van der Waals surface area contributed by atoms with Gasteiger partial charge in [0.15, 0.2) is 5.82 Å². The molecule has 1 aliphatic rings. The highest BCUT2D eigenvalue weighted by atomic mass is 16.5. The van der Waals surface area contributed by atoms with Crippen molar-refractivity contribution in [3.05, 3.63) is 54.2 Å². The summed E-state index contributed by atoms with van der Waals surface area (Å²) in [5.41, 5.74) is 0.0415. The Morgan fingerprint density at radius 2 is 2.08 bits per heavy atom. The SMILES string of the molecule is C=CCOc1ccc(C(=O)NC2(c3noc(C)n3)CCCC2)cc1. The van der Waals surface area contributed by atoms with Crippen LogP contribution in [0.3, 0.4) is 0 Å². The quantitative estimate of drug-likeness (QED) is 0.825. The van der Waals surface area contributed by atoms with E-state index in [1.165, 1.54) is 0 Å². The summed E-state index contributed by atoms with van der Waals surface area (Å²) >= 11 is 0. The van der Waals surface area contributed by atoms with E-state index in [1.54, 1.807) is 37.3 Å². The standard InChI is InChI=1S/C18H21N3O3/c1-3-12-23-15-8-6-14(7-9-15)16(22)20-18(10-4-5-11-18)17-19-13(2)24-21-17/h3,6-9H,1,4-5,10-12H2,2H3,(H,20,22). The number of rotatable bonds is 6. The van der Waals surface area contributed by atoms with Crippen LogP contribution in [0.2, 0.25) is 0 Å². The molecule has 1 fully saturated rings. The van der Waals surface area contributed by atoms with Crippen LogP contribution in [-0.2, 0) is 5.54 Å². The zero-order valence-electron chi connectivity index (χ0n) is 13.7. The minimum absolute atomic E-state index is 0.144. The summed E-state index contributed by atoms with van der Waals surface area (Å²) in [6.07, 6.45) is 5.37. The molecule has 6 nitrogen and oxygen atoms in total. The maximum absolute atomic E-state index is 12.7. The van der Waals surface area contributed by atoms with Gasteiger partial charge in [-0.3, -0.25) is 4.79 Å². The first-order valence-electron chi connectivity index (χ1n) is 8.10. The van der Waals surface area contributed by atoms with E-state index in [9.17, 15) is 4.79 Å². The number of benzene rings is 1. The van der Waals surface area contributed by atoms with Gasteiger partial charge in [0.05, 0.1) is 0 Å². The molecule has 1 heterocycles. The molecule has 1 N–H and O–H groups in total. The Balaban J connectivity index is 1.75. The normalized spacial score (nSPS) is 15.9. The number of nitrogens with one attached hydrogen (secondary N) is 1. The second-order valence-corrected chi connectivity index (χ2v) is 6.00. The van der Waals surface area contributed by atoms with E-state index in [1.807, 2.05) is 0 Å². The lowest BCUT2D eigenvalue weighted by Crippen LogP contribution is -2.44. The molecule has 1 aromatic carbocycles. The largest absolute Gasteiger partial charge is 0.490 e. The minimum Gasteiger partial charge on any atom is -0.490 e. The number of carbonyl (C=O) groups is 1. The van der Waals surface area contributed by atoms with Crippen molar-refractivity contribution in [3.8, 4) is 5.75 Å². The summed E-state index contributed by atoms with van der Waals surface area (Å²) in [5.74, 6) is 1.64. The third-order valence-electron chi connectivity index (χ3n) is 4.25. The van der Waals surface area contributed by atoms with Gasteiger partial charge in [-0.1, -0.05) is 30.7 Å². The second kappa shape index (κ2) is 6.86. The van der Waals surface area contributed by atoms with Gasteiger partial charge in [0.2, 0.25) is 5.89 Å². The highest BCUT2D eigenvalue weighted by molar-refractivity contribution is 5.94. The molecule has 6 heteroatoms. The Hall–Kier alpha value is -2.63. The number of aryl methyl sites for hydroxylation is 1.